The molecule has 1 aliphatic heterocycles. The Labute approximate surface area is 122 Å². The number of anilines is 1. The van der Waals surface area contributed by atoms with E-state index in [1.54, 1.807) is 0 Å². The fourth-order valence-electron chi connectivity index (χ4n) is 2.71. The van der Waals surface area contributed by atoms with E-state index >= 15 is 0 Å². The van der Waals surface area contributed by atoms with E-state index in [4.69, 9.17) is 4.98 Å². The fourth-order valence-corrected chi connectivity index (χ4v) is 2.71. The van der Waals surface area contributed by atoms with Crippen LogP contribution >= 0.6 is 0 Å². The highest BCUT2D eigenvalue weighted by atomic mass is 15.2. The fraction of sp³-hybridized carbons (Fsp3) is 0.733. The molecule has 0 saturated carbocycles. The second-order valence-corrected chi connectivity index (χ2v) is 5.84. The molecule has 0 amide bonds. The molecule has 0 bridgehead atoms. The smallest absolute Gasteiger partial charge is 0.147 e. The molecule has 1 fully saturated rings. The van der Waals surface area contributed by atoms with E-state index in [0.717, 1.165) is 43.5 Å². The summed E-state index contributed by atoms with van der Waals surface area (Å²) in [5, 5.41) is 3.37. The quantitative estimate of drug-likeness (QED) is 0.763. The number of hydrogen-bond acceptors (Lipinski definition) is 5. The normalized spacial score (nSPS) is 19.4. The first-order valence-corrected chi connectivity index (χ1v) is 7.60. The molecule has 20 heavy (non-hydrogen) atoms. The van der Waals surface area contributed by atoms with Gasteiger partial charge in [-0.25, -0.2) is 4.98 Å². The molecule has 0 aromatic carbocycles. The third kappa shape index (κ3) is 4.42. The molecule has 5 nitrogen and oxygen atoms in total. The third-order valence-electron chi connectivity index (χ3n) is 3.82. The molecule has 112 valence electrons. The van der Waals surface area contributed by atoms with Crippen molar-refractivity contribution < 1.29 is 0 Å². The molecule has 0 spiro atoms. The van der Waals surface area contributed by atoms with Crippen LogP contribution < -0.4 is 10.2 Å². The summed E-state index contributed by atoms with van der Waals surface area (Å²) in [7, 11) is 4.31. The van der Waals surface area contributed by atoms with Crippen LogP contribution in [-0.2, 0) is 6.54 Å². The minimum Gasteiger partial charge on any atom is -0.358 e. The Morgan fingerprint density at radius 1 is 1.45 bits per heavy atom. The summed E-state index contributed by atoms with van der Waals surface area (Å²) in [5.41, 5.74) is 1.02. The van der Waals surface area contributed by atoms with E-state index in [-0.39, 0.29) is 0 Å². The minimum atomic E-state index is 0.744. The molecule has 1 unspecified atom stereocenters. The molecule has 1 saturated heterocycles. The lowest BCUT2D eigenvalue weighted by molar-refractivity contribution is 0.395. The average Bonchev–Trinajstić information content (AvgIpc) is 2.85. The Morgan fingerprint density at radius 2 is 2.30 bits per heavy atom. The first kappa shape index (κ1) is 15.2. The number of rotatable bonds is 7. The van der Waals surface area contributed by atoms with Crippen LogP contribution in [-0.4, -0.2) is 55.1 Å². The molecular weight excluding hydrogens is 250 g/mol. The Hall–Kier alpha value is -1.20. The summed E-state index contributed by atoms with van der Waals surface area (Å²) in [5.74, 6) is 1.73. The first-order chi connectivity index (χ1) is 9.69. The van der Waals surface area contributed by atoms with Crippen molar-refractivity contribution in [1.29, 1.82) is 0 Å². The van der Waals surface area contributed by atoms with Crippen molar-refractivity contribution in [3.8, 4) is 0 Å². The van der Waals surface area contributed by atoms with Crippen LogP contribution in [0.2, 0.25) is 0 Å². The highest BCUT2D eigenvalue weighted by molar-refractivity contribution is 5.35. The monoisotopic (exact) mass is 277 g/mol. The molecule has 0 aliphatic carbocycles. The minimum absolute atomic E-state index is 0.744. The van der Waals surface area contributed by atoms with E-state index in [2.05, 4.69) is 41.1 Å². The van der Waals surface area contributed by atoms with E-state index in [1.165, 1.54) is 19.5 Å². The lowest BCUT2D eigenvalue weighted by Crippen LogP contribution is -2.28. The predicted molar refractivity (Wildman–Crippen MR) is 82.9 cm³/mol. The predicted octanol–water partition coefficient (Wildman–Crippen LogP) is 1.36. The van der Waals surface area contributed by atoms with Gasteiger partial charge in [-0.15, -0.1) is 0 Å². The van der Waals surface area contributed by atoms with Crippen molar-refractivity contribution >= 4 is 5.82 Å². The lowest BCUT2D eigenvalue weighted by atomic mass is 10.1. The summed E-state index contributed by atoms with van der Waals surface area (Å²) in [4.78, 5) is 13.6. The van der Waals surface area contributed by atoms with Crippen molar-refractivity contribution in [2.24, 2.45) is 5.92 Å². The van der Waals surface area contributed by atoms with Crippen molar-refractivity contribution in [2.45, 2.75) is 26.3 Å². The molecular formula is C15H27N5. The average molecular weight is 277 g/mol. The van der Waals surface area contributed by atoms with Gasteiger partial charge in [0.1, 0.15) is 5.82 Å². The second kappa shape index (κ2) is 7.55. The van der Waals surface area contributed by atoms with Crippen molar-refractivity contribution in [2.75, 3.05) is 45.2 Å². The van der Waals surface area contributed by atoms with Crippen LogP contribution in [0.3, 0.4) is 0 Å². The van der Waals surface area contributed by atoms with Crippen LogP contribution in [0.5, 0.6) is 0 Å². The maximum Gasteiger partial charge on any atom is 0.147 e. The Bertz CT molecular complexity index is 409. The first-order valence-electron chi connectivity index (χ1n) is 7.60. The molecule has 1 aliphatic rings. The van der Waals surface area contributed by atoms with Gasteiger partial charge in [-0.2, -0.15) is 0 Å². The Balaban J connectivity index is 1.88. The van der Waals surface area contributed by atoms with Gasteiger partial charge in [-0.3, -0.25) is 4.98 Å². The number of hydrogen-bond donors (Lipinski definition) is 1. The van der Waals surface area contributed by atoms with Gasteiger partial charge in [-0.05, 0) is 38.9 Å². The van der Waals surface area contributed by atoms with Gasteiger partial charge in [0.15, 0.2) is 0 Å². The van der Waals surface area contributed by atoms with Crippen molar-refractivity contribution in [3.63, 3.8) is 0 Å². The van der Waals surface area contributed by atoms with Crippen LogP contribution in [0, 0.1) is 5.92 Å². The SMILES string of the molecule is CCCNCc1cncc(N(C)CC2CCN(C)C2)n1. The van der Waals surface area contributed by atoms with Gasteiger partial charge in [0.25, 0.3) is 0 Å². The molecule has 0 radical (unpaired) electrons. The van der Waals surface area contributed by atoms with Crippen LogP contribution in [0.15, 0.2) is 12.4 Å². The zero-order valence-corrected chi connectivity index (χ0v) is 13.0. The molecule has 1 N–H and O–H groups in total. The summed E-state index contributed by atoms with van der Waals surface area (Å²) in [6.45, 7) is 7.46. The Kier molecular flexibility index (Phi) is 5.73. The molecule has 2 rings (SSSR count). The van der Waals surface area contributed by atoms with Crippen LogP contribution in [0.1, 0.15) is 25.5 Å². The molecule has 5 heteroatoms. The van der Waals surface area contributed by atoms with E-state index in [0.29, 0.717) is 0 Å². The second-order valence-electron chi connectivity index (χ2n) is 5.84. The van der Waals surface area contributed by atoms with Gasteiger partial charge in [0.05, 0.1) is 11.9 Å². The highest BCUT2D eigenvalue weighted by Crippen LogP contribution is 2.17. The van der Waals surface area contributed by atoms with E-state index in [9.17, 15) is 0 Å². The topological polar surface area (TPSA) is 44.3 Å². The lowest BCUT2D eigenvalue weighted by Gasteiger charge is -2.22. The van der Waals surface area contributed by atoms with Gasteiger partial charge in [0.2, 0.25) is 0 Å². The van der Waals surface area contributed by atoms with Gasteiger partial charge < -0.3 is 15.1 Å². The molecule has 1 aromatic heterocycles. The van der Waals surface area contributed by atoms with E-state index < -0.39 is 0 Å². The van der Waals surface area contributed by atoms with Crippen LogP contribution in [0.4, 0.5) is 5.82 Å². The summed E-state index contributed by atoms with van der Waals surface area (Å²) in [6.07, 6.45) is 6.14. The number of nitrogens with zero attached hydrogens (tertiary/aromatic N) is 4. The Morgan fingerprint density at radius 3 is 3.00 bits per heavy atom. The van der Waals surface area contributed by atoms with Gasteiger partial charge in [-0.1, -0.05) is 6.92 Å². The summed E-state index contributed by atoms with van der Waals surface area (Å²) in [6, 6.07) is 0. The zero-order valence-electron chi connectivity index (χ0n) is 13.0. The molecule has 1 atom stereocenters. The summed E-state index contributed by atoms with van der Waals surface area (Å²) >= 11 is 0. The van der Waals surface area contributed by atoms with E-state index in [1.807, 2.05) is 12.4 Å². The molecule has 2 heterocycles. The van der Waals surface area contributed by atoms with Crippen molar-refractivity contribution in [3.05, 3.63) is 18.1 Å². The summed E-state index contributed by atoms with van der Waals surface area (Å²) < 4.78 is 0. The highest BCUT2D eigenvalue weighted by Gasteiger charge is 2.21. The number of nitrogens with one attached hydrogen (secondary N) is 1. The maximum atomic E-state index is 4.69. The zero-order chi connectivity index (χ0) is 14.4. The van der Waals surface area contributed by atoms with Gasteiger partial charge >= 0.3 is 0 Å². The van der Waals surface area contributed by atoms with Gasteiger partial charge in [0, 0.05) is 32.9 Å². The third-order valence-corrected chi connectivity index (χ3v) is 3.82. The number of likely N-dealkylation sites (tertiary alicyclic amines) is 1. The molecule has 1 aromatic rings. The van der Waals surface area contributed by atoms with Crippen LogP contribution in [0.25, 0.3) is 0 Å². The standard InChI is InChI=1S/C15H27N5/c1-4-6-16-8-14-9-17-10-15(18-14)20(3)12-13-5-7-19(2)11-13/h9-10,13,16H,4-8,11-12H2,1-3H3. The van der Waals surface area contributed by atoms with Crippen molar-refractivity contribution in [1.82, 2.24) is 20.2 Å². The number of aromatic nitrogens is 2. The maximum absolute atomic E-state index is 4.69. The largest absolute Gasteiger partial charge is 0.358 e.